The standard InChI is InChI=1S/C15H13N3O/c1-9-6-11-8-17-18-14(11)7-13(9)15(19)10-2-4-12(16)5-3-10/h2-8H,16H2,1H3,(H,17,18). The lowest BCUT2D eigenvalue weighted by molar-refractivity contribution is 0.103. The third-order valence-electron chi connectivity index (χ3n) is 3.20. The van der Waals surface area contributed by atoms with Crippen molar-refractivity contribution < 1.29 is 4.79 Å². The number of benzene rings is 2. The predicted molar refractivity (Wildman–Crippen MR) is 75.1 cm³/mol. The minimum absolute atomic E-state index is 0.00556. The van der Waals surface area contributed by atoms with Crippen LogP contribution in [0.4, 0.5) is 5.69 Å². The molecule has 0 radical (unpaired) electrons. The van der Waals surface area contributed by atoms with Gasteiger partial charge in [-0.25, -0.2) is 0 Å². The third kappa shape index (κ3) is 1.97. The highest BCUT2D eigenvalue weighted by molar-refractivity contribution is 6.11. The van der Waals surface area contributed by atoms with Crippen LogP contribution in [-0.4, -0.2) is 16.0 Å². The zero-order valence-electron chi connectivity index (χ0n) is 10.5. The summed E-state index contributed by atoms with van der Waals surface area (Å²) in [5.74, 6) is -0.00556. The van der Waals surface area contributed by atoms with Gasteiger partial charge in [0.1, 0.15) is 0 Å². The minimum Gasteiger partial charge on any atom is -0.399 e. The van der Waals surface area contributed by atoms with Crippen LogP contribution in [0.15, 0.2) is 42.6 Å². The number of fused-ring (bicyclic) bond motifs is 1. The van der Waals surface area contributed by atoms with Gasteiger partial charge in [0.2, 0.25) is 0 Å². The first-order valence-electron chi connectivity index (χ1n) is 5.99. The molecule has 3 aromatic rings. The lowest BCUT2D eigenvalue weighted by Crippen LogP contribution is -2.04. The highest BCUT2D eigenvalue weighted by Crippen LogP contribution is 2.21. The van der Waals surface area contributed by atoms with Crippen LogP contribution in [0.1, 0.15) is 21.5 Å². The van der Waals surface area contributed by atoms with Gasteiger partial charge < -0.3 is 5.73 Å². The first-order valence-corrected chi connectivity index (χ1v) is 5.99. The van der Waals surface area contributed by atoms with Crippen LogP contribution in [0, 0.1) is 6.92 Å². The molecule has 1 aromatic heterocycles. The quantitative estimate of drug-likeness (QED) is 0.543. The average Bonchev–Trinajstić information content (AvgIpc) is 2.85. The van der Waals surface area contributed by atoms with Crippen molar-refractivity contribution in [2.24, 2.45) is 0 Å². The second-order valence-corrected chi connectivity index (χ2v) is 4.58. The normalized spacial score (nSPS) is 10.8. The number of nitrogens with zero attached hydrogens (tertiary/aromatic N) is 1. The van der Waals surface area contributed by atoms with E-state index in [4.69, 9.17) is 5.73 Å². The third-order valence-corrected chi connectivity index (χ3v) is 3.20. The van der Waals surface area contributed by atoms with E-state index in [-0.39, 0.29) is 5.78 Å². The Labute approximate surface area is 110 Å². The number of carbonyl (C=O) groups excluding carboxylic acids is 1. The van der Waals surface area contributed by atoms with Gasteiger partial charge in [-0.1, -0.05) is 0 Å². The monoisotopic (exact) mass is 251 g/mol. The van der Waals surface area contributed by atoms with E-state index in [0.717, 1.165) is 16.5 Å². The number of nitrogens with one attached hydrogen (secondary N) is 1. The van der Waals surface area contributed by atoms with Crippen LogP contribution in [0.2, 0.25) is 0 Å². The summed E-state index contributed by atoms with van der Waals surface area (Å²) in [5, 5.41) is 7.86. The first-order chi connectivity index (χ1) is 9.15. The first kappa shape index (κ1) is 11.5. The van der Waals surface area contributed by atoms with Crippen LogP contribution in [0.25, 0.3) is 10.9 Å². The van der Waals surface area contributed by atoms with Crippen LogP contribution < -0.4 is 5.73 Å². The summed E-state index contributed by atoms with van der Waals surface area (Å²) in [6.45, 7) is 1.93. The lowest BCUT2D eigenvalue weighted by atomic mass is 9.97. The van der Waals surface area contributed by atoms with Gasteiger partial charge in [0.15, 0.2) is 5.78 Å². The Hall–Kier alpha value is -2.62. The second-order valence-electron chi connectivity index (χ2n) is 4.58. The summed E-state index contributed by atoms with van der Waals surface area (Å²) < 4.78 is 0. The number of aromatic nitrogens is 2. The van der Waals surface area contributed by atoms with E-state index in [1.54, 1.807) is 30.5 Å². The topological polar surface area (TPSA) is 71.8 Å². The molecule has 0 amide bonds. The molecule has 0 aliphatic rings. The number of carbonyl (C=O) groups is 1. The molecule has 0 saturated carbocycles. The number of anilines is 1. The molecular formula is C15H13N3O. The number of nitrogen functional groups attached to an aromatic ring is 1. The SMILES string of the molecule is Cc1cc2cn[nH]c2cc1C(=O)c1ccc(N)cc1. The van der Waals surface area contributed by atoms with Crippen LogP contribution in [-0.2, 0) is 0 Å². The number of aryl methyl sites for hydroxylation is 1. The molecule has 4 heteroatoms. The molecule has 0 bridgehead atoms. The Balaban J connectivity index is 2.10. The maximum atomic E-state index is 12.5. The zero-order chi connectivity index (χ0) is 13.4. The molecule has 4 nitrogen and oxygen atoms in total. The van der Waals surface area contributed by atoms with Crippen LogP contribution in [0.3, 0.4) is 0 Å². The highest BCUT2D eigenvalue weighted by Gasteiger charge is 2.13. The summed E-state index contributed by atoms with van der Waals surface area (Å²) in [6.07, 6.45) is 1.75. The Morgan fingerprint density at radius 1 is 1.21 bits per heavy atom. The number of nitrogens with two attached hydrogens (primary N) is 1. The van der Waals surface area contributed by atoms with E-state index >= 15 is 0 Å². The van der Waals surface area contributed by atoms with Gasteiger partial charge in [-0.05, 0) is 48.9 Å². The number of rotatable bonds is 2. The smallest absolute Gasteiger partial charge is 0.193 e. The molecule has 0 saturated heterocycles. The molecule has 0 aliphatic heterocycles. The Kier molecular flexibility index (Phi) is 2.56. The Morgan fingerprint density at radius 2 is 1.95 bits per heavy atom. The van der Waals surface area contributed by atoms with Crippen LogP contribution in [0.5, 0.6) is 0 Å². The fourth-order valence-corrected chi connectivity index (χ4v) is 2.14. The molecule has 3 N–H and O–H groups in total. The van der Waals surface area contributed by atoms with E-state index in [9.17, 15) is 4.79 Å². The second kappa shape index (κ2) is 4.24. The van der Waals surface area contributed by atoms with Gasteiger partial charge in [0, 0.05) is 22.2 Å². The van der Waals surface area contributed by atoms with Gasteiger partial charge in [-0.15, -0.1) is 0 Å². The van der Waals surface area contributed by atoms with Crippen molar-refractivity contribution >= 4 is 22.4 Å². The minimum atomic E-state index is -0.00556. The van der Waals surface area contributed by atoms with Crippen molar-refractivity contribution in [1.29, 1.82) is 0 Å². The number of aromatic amines is 1. The van der Waals surface area contributed by atoms with E-state index in [0.29, 0.717) is 16.8 Å². The van der Waals surface area contributed by atoms with Gasteiger partial charge in [0.05, 0.1) is 11.7 Å². The molecule has 94 valence electrons. The Bertz CT molecular complexity index is 757. The maximum absolute atomic E-state index is 12.5. The molecule has 19 heavy (non-hydrogen) atoms. The summed E-state index contributed by atoms with van der Waals surface area (Å²) in [6, 6.07) is 10.8. The van der Waals surface area contributed by atoms with Crippen molar-refractivity contribution in [3.05, 3.63) is 59.3 Å². The van der Waals surface area contributed by atoms with Crippen molar-refractivity contribution in [1.82, 2.24) is 10.2 Å². The lowest BCUT2D eigenvalue weighted by Gasteiger charge is -2.06. The summed E-state index contributed by atoms with van der Waals surface area (Å²) >= 11 is 0. The Morgan fingerprint density at radius 3 is 2.68 bits per heavy atom. The highest BCUT2D eigenvalue weighted by atomic mass is 16.1. The summed E-state index contributed by atoms with van der Waals surface area (Å²) in [5.41, 5.74) is 9.40. The molecule has 0 fully saturated rings. The predicted octanol–water partition coefficient (Wildman–Crippen LogP) is 2.68. The van der Waals surface area contributed by atoms with Gasteiger partial charge in [0.25, 0.3) is 0 Å². The van der Waals surface area contributed by atoms with Gasteiger partial charge in [-0.3, -0.25) is 9.89 Å². The van der Waals surface area contributed by atoms with E-state index in [1.165, 1.54) is 0 Å². The zero-order valence-corrected chi connectivity index (χ0v) is 10.5. The number of hydrogen-bond donors (Lipinski definition) is 2. The van der Waals surface area contributed by atoms with Gasteiger partial charge >= 0.3 is 0 Å². The van der Waals surface area contributed by atoms with Crippen molar-refractivity contribution in [3.63, 3.8) is 0 Å². The molecule has 0 unspecified atom stereocenters. The summed E-state index contributed by atoms with van der Waals surface area (Å²) in [4.78, 5) is 12.5. The summed E-state index contributed by atoms with van der Waals surface area (Å²) in [7, 11) is 0. The molecule has 1 heterocycles. The fourth-order valence-electron chi connectivity index (χ4n) is 2.14. The van der Waals surface area contributed by atoms with Gasteiger partial charge in [-0.2, -0.15) is 5.10 Å². The molecule has 0 aliphatic carbocycles. The largest absolute Gasteiger partial charge is 0.399 e. The fraction of sp³-hybridized carbons (Fsp3) is 0.0667. The van der Waals surface area contributed by atoms with E-state index in [2.05, 4.69) is 10.2 Å². The van der Waals surface area contributed by atoms with E-state index in [1.807, 2.05) is 19.1 Å². The molecule has 2 aromatic carbocycles. The van der Waals surface area contributed by atoms with Crippen LogP contribution >= 0.6 is 0 Å². The van der Waals surface area contributed by atoms with Crippen molar-refractivity contribution in [2.75, 3.05) is 5.73 Å². The molecule has 0 atom stereocenters. The molecule has 0 spiro atoms. The number of hydrogen-bond acceptors (Lipinski definition) is 3. The van der Waals surface area contributed by atoms with E-state index < -0.39 is 0 Å². The maximum Gasteiger partial charge on any atom is 0.193 e. The molecule has 3 rings (SSSR count). The molecular weight excluding hydrogens is 238 g/mol. The number of H-pyrrole nitrogens is 1. The van der Waals surface area contributed by atoms with Crippen molar-refractivity contribution in [3.8, 4) is 0 Å². The van der Waals surface area contributed by atoms with Crippen molar-refractivity contribution in [2.45, 2.75) is 6.92 Å². The average molecular weight is 251 g/mol. The number of ketones is 1.